The molecule has 1 N–H and O–H groups in total. The first-order valence-corrected chi connectivity index (χ1v) is 7.03. The molecule has 1 aliphatic rings. The van der Waals surface area contributed by atoms with Gasteiger partial charge in [0.25, 0.3) is 0 Å². The van der Waals surface area contributed by atoms with Gasteiger partial charge < -0.3 is 14.6 Å². The highest BCUT2D eigenvalue weighted by Gasteiger charge is 2.36. The lowest BCUT2D eigenvalue weighted by molar-refractivity contribution is -0.129. The van der Waals surface area contributed by atoms with Crippen LogP contribution in [0.5, 0.6) is 0 Å². The Kier molecular flexibility index (Phi) is 4.16. The Balaban J connectivity index is 1.93. The molecule has 5 nitrogen and oxygen atoms in total. The van der Waals surface area contributed by atoms with Crippen LogP contribution in [-0.2, 0) is 16.1 Å². The van der Waals surface area contributed by atoms with E-state index in [4.69, 9.17) is 4.42 Å². The summed E-state index contributed by atoms with van der Waals surface area (Å²) < 4.78 is 5.24. The topological polar surface area (TPSA) is 62.6 Å². The zero-order chi connectivity index (χ0) is 14.8. The summed E-state index contributed by atoms with van der Waals surface area (Å²) in [5.74, 6) is 0.458. The van der Waals surface area contributed by atoms with Crippen LogP contribution >= 0.6 is 0 Å². The van der Waals surface area contributed by atoms with Gasteiger partial charge in [0.2, 0.25) is 11.8 Å². The second-order valence-corrected chi connectivity index (χ2v) is 5.98. The van der Waals surface area contributed by atoms with Gasteiger partial charge in [0.1, 0.15) is 5.76 Å². The van der Waals surface area contributed by atoms with Crippen LogP contribution in [0.4, 0.5) is 0 Å². The van der Waals surface area contributed by atoms with Crippen LogP contribution in [0.3, 0.4) is 0 Å². The normalized spacial score (nSPS) is 19.4. The largest absolute Gasteiger partial charge is 0.467 e. The molecule has 2 amide bonds. The fourth-order valence-electron chi connectivity index (χ4n) is 2.22. The average Bonchev–Trinajstić information content (AvgIpc) is 3.00. The molecular formula is C15H22N2O3. The van der Waals surface area contributed by atoms with E-state index in [0.29, 0.717) is 13.1 Å². The van der Waals surface area contributed by atoms with E-state index in [1.165, 1.54) is 0 Å². The Morgan fingerprint density at radius 3 is 2.90 bits per heavy atom. The quantitative estimate of drug-likeness (QED) is 0.895. The van der Waals surface area contributed by atoms with Gasteiger partial charge in [-0.25, -0.2) is 0 Å². The van der Waals surface area contributed by atoms with Crippen LogP contribution in [0.2, 0.25) is 0 Å². The number of amides is 2. The number of hydrogen-bond acceptors (Lipinski definition) is 3. The molecule has 2 heterocycles. The van der Waals surface area contributed by atoms with E-state index in [-0.39, 0.29) is 29.7 Å². The van der Waals surface area contributed by atoms with Crippen molar-refractivity contribution in [2.45, 2.75) is 45.7 Å². The first-order valence-electron chi connectivity index (χ1n) is 7.03. The summed E-state index contributed by atoms with van der Waals surface area (Å²) in [4.78, 5) is 25.8. The van der Waals surface area contributed by atoms with Crippen molar-refractivity contribution in [3.8, 4) is 0 Å². The maximum Gasteiger partial charge on any atom is 0.225 e. The number of hydrogen-bond donors (Lipinski definition) is 1. The predicted octanol–water partition coefficient (Wildman–Crippen LogP) is 1.93. The maximum atomic E-state index is 12.2. The minimum absolute atomic E-state index is 0.0101. The monoisotopic (exact) mass is 278 g/mol. The highest BCUT2D eigenvalue weighted by Crippen LogP contribution is 2.21. The first-order chi connectivity index (χ1) is 9.41. The third-order valence-electron chi connectivity index (χ3n) is 3.86. The van der Waals surface area contributed by atoms with Crippen LogP contribution in [0.25, 0.3) is 0 Å². The van der Waals surface area contributed by atoms with Gasteiger partial charge in [0, 0.05) is 18.5 Å². The maximum absolute atomic E-state index is 12.2. The number of carbonyl (C=O) groups is 2. The van der Waals surface area contributed by atoms with Gasteiger partial charge in [-0.05, 0) is 32.4 Å². The molecule has 1 aromatic rings. The van der Waals surface area contributed by atoms with Crippen molar-refractivity contribution in [1.29, 1.82) is 0 Å². The number of nitrogens with one attached hydrogen (secondary N) is 1. The highest BCUT2D eigenvalue weighted by atomic mass is 16.3. The zero-order valence-corrected chi connectivity index (χ0v) is 12.3. The van der Waals surface area contributed by atoms with E-state index in [0.717, 1.165) is 12.2 Å². The lowest BCUT2D eigenvalue weighted by Gasteiger charge is -2.26. The van der Waals surface area contributed by atoms with Gasteiger partial charge in [0.05, 0.1) is 18.7 Å². The molecule has 0 aliphatic carbocycles. The molecule has 0 radical (unpaired) electrons. The molecule has 0 spiro atoms. The van der Waals surface area contributed by atoms with Crippen LogP contribution in [0.1, 0.15) is 39.4 Å². The van der Waals surface area contributed by atoms with Gasteiger partial charge in [0.15, 0.2) is 0 Å². The number of carbonyl (C=O) groups excluding carboxylic acids is 2. The second kappa shape index (κ2) is 5.69. The fourth-order valence-corrected chi connectivity index (χ4v) is 2.22. The van der Waals surface area contributed by atoms with Crippen molar-refractivity contribution >= 4 is 11.8 Å². The molecule has 5 heteroatoms. The Hall–Kier alpha value is -1.78. The summed E-state index contributed by atoms with van der Waals surface area (Å²) >= 11 is 0. The first kappa shape index (κ1) is 14.6. The molecular weight excluding hydrogens is 256 g/mol. The second-order valence-electron chi connectivity index (χ2n) is 5.98. The summed E-state index contributed by atoms with van der Waals surface area (Å²) in [5.41, 5.74) is -0.228. The molecule has 20 heavy (non-hydrogen) atoms. The number of rotatable bonds is 5. The van der Waals surface area contributed by atoms with Crippen LogP contribution in [0, 0.1) is 5.92 Å². The summed E-state index contributed by atoms with van der Waals surface area (Å²) in [6.07, 6.45) is 2.73. The van der Waals surface area contributed by atoms with E-state index in [2.05, 4.69) is 5.32 Å². The Labute approximate surface area is 119 Å². The van der Waals surface area contributed by atoms with Crippen LogP contribution in [-0.4, -0.2) is 28.8 Å². The summed E-state index contributed by atoms with van der Waals surface area (Å²) in [7, 11) is 0. The Morgan fingerprint density at radius 2 is 2.30 bits per heavy atom. The van der Waals surface area contributed by atoms with Crippen molar-refractivity contribution in [2.24, 2.45) is 5.92 Å². The third-order valence-corrected chi connectivity index (χ3v) is 3.86. The Bertz CT molecular complexity index is 479. The number of likely N-dealkylation sites (tertiary alicyclic amines) is 1. The van der Waals surface area contributed by atoms with E-state index >= 15 is 0 Å². The van der Waals surface area contributed by atoms with Crippen molar-refractivity contribution in [3.05, 3.63) is 24.2 Å². The zero-order valence-electron chi connectivity index (χ0n) is 12.3. The lowest BCUT2D eigenvalue weighted by atomic mass is 9.99. The van der Waals surface area contributed by atoms with Gasteiger partial charge in [-0.1, -0.05) is 6.92 Å². The molecule has 1 fully saturated rings. The molecule has 1 atom stereocenters. The van der Waals surface area contributed by atoms with E-state index in [1.807, 2.05) is 26.8 Å². The van der Waals surface area contributed by atoms with Gasteiger partial charge in [-0.15, -0.1) is 0 Å². The molecule has 0 aromatic carbocycles. The average molecular weight is 278 g/mol. The highest BCUT2D eigenvalue weighted by molar-refractivity contribution is 5.89. The molecule has 0 bridgehead atoms. The third kappa shape index (κ3) is 3.40. The van der Waals surface area contributed by atoms with E-state index < -0.39 is 0 Å². The predicted molar refractivity (Wildman–Crippen MR) is 74.7 cm³/mol. The minimum Gasteiger partial charge on any atom is -0.467 e. The van der Waals surface area contributed by atoms with E-state index in [1.54, 1.807) is 17.2 Å². The molecule has 1 saturated heterocycles. The number of nitrogens with zero attached hydrogens (tertiary/aromatic N) is 1. The molecule has 110 valence electrons. The Morgan fingerprint density at radius 1 is 1.55 bits per heavy atom. The summed E-state index contributed by atoms with van der Waals surface area (Å²) in [6.45, 7) is 6.91. The summed E-state index contributed by atoms with van der Waals surface area (Å²) in [6, 6.07) is 3.63. The van der Waals surface area contributed by atoms with Crippen molar-refractivity contribution in [2.75, 3.05) is 6.54 Å². The van der Waals surface area contributed by atoms with Gasteiger partial charge in [-0.2, -0.15) is 0 Å². The molecule has 1 aromatic heterocycles. The molecule has 2 rings (SSSR count). The minimum atomic E-state index is -0.261. The standard InChI is InChI=1S/C15H22N2O3/c1-4-15(2,3)16-14(19)11-8-13(18)17(9-11)10-12-6-5-7-20-12/h5-7,11H,4,8-10H2,1-3H3,(H,16,19). The van der Waals surface area contributed by atoms with Gasteiger partial charge >= 0.3 is 0 Å². The fraction of sp³-hybridized carbons (Fsp3) is 0.600. The van der Waals surface area contributed by atoms with Crippen molar-refractivity contribution < 1.29 is 14.0 Å². The van der Waals surface area contributed by atoms with Crippen LogP contribution < -0.4 is 5.32 Å². The SMILES string of the molecule is CCC(C)(C)NC(=O)C1CC(=O)N(Cc2ccco2)C1. The molecule has 0 saturated carbocycles. The summed E-state index contributed by atoms with van der Waals surface area (Å²) in [5, 5.41) is 3.01. The molecule has 1 aliphatic heterocycles. The smallest absolute Gasteiger partial charge is 0.225 e. The van der Waals surface area contributed by atoms with E-state index in [9.17, 15) is 9.59 Å². The number of furan rings is 1. The van der Waals surface area contributed by atoms with Crippen molar-refractivity contribution in [3.63, 3.8) is 0 Å². The van der Waals surface area contributed by atoms with Gasteiger partial charge in [-0.3, -0.25) is 9.59 Å². The van der Waals surface area contributed by atoms with Crippen molar-refractivity contribution in [1.82, 2.24) is 10.2 Å². The van der Waals surface area contributed by atoms with Crippen LogP contribution in [0.15, 0.2) is 22.8 Å². The lowest BCUT2D eigenvalue weighted by Crippen LogP contribution is -2.46. The molecule has 1 unspecified atom stereocenters.